The van der Waals surface area contributed by atoms with Crippen molar-refractivity contribution in [1.82, 2.24) is 4.72 Å². The van der Waals surface area contributed by atoms with Crippen LogP contribution in [0.5, 0.6) is 0 Å². The fourth-order valence-corrected chi connectivity index (χ4v) is 3.08. The summed E-state index contributed by atoms with van der Waals surface area (Å²) in [6, 6.07) is 5.17. The van der Waals surface area contributed by atoms with E-state index in [1.165, 1.54) is 24.3 Å². The Labute approximate surface area is 123 Å². The van der Waals surface area contributed by atoms with E-state index in [1.807, 2.05) is 0 Å². The van der Waals surface area contributed by atoms with Crippen LogP contribution in [0.1, 0.15) is 12.8 Å². The minimum atomic E-state index is -3.74. The molecule has 0 aromatic heterocycles. The molecule has 0 saturated heterocycles. The van der Waals surface area contributed by atoms with Gasteiger partial charge in [-0.1, -0.05) is 0 Å². The van der Waals surface area contributed by atoms with Crippen LogP contribution in [-0.2, 0) is 24.8 Å². The maximum absolute atomic E-state index is 11.9. The summed E-state index contributed by atoms with van der Waals surface area (Å²) in [6.07, 6.45) is 1.05. The number of rotatable bonds is 8. The third kappa shape index (κ3) is 6.56. The smallest absolute Gasteiger partial charge is 0.303 e. The van der Waals surface area contributed by atoms with Gasteiger partial charge in [0.25, 0.3) is 0 Å². The van der Waals surface area contributed by atoms with E-state index in [2.05, 4.69) is 9.44 Å². The Balaban J connectivity index is 2.69. The zero-order chi connectivity index (χ0) is 16.1. The number of nitrogens with one attached hydrogen (secondary N) is 2. The van der Waals surface area contributed by atoms with Gasteiger partial charge in [0.15, 0.2) is 0 Å². The summed E-state index contributed by atoms with van der Waals surface area (Å²) in [5.41, 5.74) is 0.252. The van der Waals surface area contributed by atoms with E-state index in [4.69, 9.17) is 5.11 Å². The van der Waals surface area contributed by atoms with Gasteiger partial charge in [-0.2, -0.15) is 0 Å². The topological polar surface area (TPSA) is 130 Å². The number of hydrogen-bond acceptors (Lipinski definition) is 5. The molecule has 1 aromatic rings. The van der Waals surface area contributed by atoms with Crippen LogP contribution < -0.4 is 9.44 Å². The number of aliphatic carboxylic acids is 1. The summed E-state index contributed by atoms with van der Waals surface area (Å²) in [6.45, 7) is 0.0119. The number of sulfonamides is 2. The molecule has 0 amide bonds. The van der Waals surface area contributed by atoms with Gasteiger partial charge in [-0.25, -0.2) is 21.6 Å². The Morgan fingerprint density at radius 1 is 1.14 bits per heavy atom. The third-order valence-corrected chi connectivity index (χ3v) is 4.41. The summed E-state index contributed by atoms with van der Waals surface area (Å²) < 4.78 is 50.3. The van der Waals surface area contributed by atoms with Gasteiger partial charge in [0.05, 0.1) is 11.2 Å². The first-order valence-corrected chi connectivity index (χ1v) is 9.27. The van der Waals surface area contributed by atoms with Crippen molar-refractivity contribution in [2.75, 3.05) is 17.5 Å². The van der Waals surface area contributed by atoms with Gasteiger partial charge < -0.3 is 5.11 Å². The maximum atomic E-state index is 11.9. The normalized spacial score (nSPS) is 12.0. The van der Waals surface area contributed by atoms with Crippen molar-refractivity contribution >= 4 is 31.7 Å². The molecule has 1 aromatic carbocycles. The van der Waals surface area contributed by atoms with Crippen molar-refractivity contribution in [3.63, 3.8) is 0 Å². The lowest BCUT2D eigenvalue weighted by atomic mass is 10.3. The molecule has 3 N–H and O–H groups in total. The van der Waals surface area contributed by atoms with E-state index in [0.717, 1.165) is 6.26 Å². The molecule has 0 heterocycles. The first-order chi connectivity index (χ1) is 9.60. The van der Waals surface area contributed by atoms with E-state index in [9.17, 15) is 21.6 Å². The van der Waals surface area contributed by atoms with Gasteiger partial charge in [-0.15, -0.1) is 0 Å². The second kappa shape index (κ2) is 6.87. The van der Waals surface area contributed by atoms with Crippen molar-refractivity contribution in [1.29, 1.82) is 0 Å². The first kappa shape index (κ1) is 17.4. The number of benzene rings is 1. The van der Waals surface area contributed by atoms with Crippen LogP contribution in [0.3, 0.4) is 0 Å². The molecular weight excluding hydrogens is 320 g/mol. The Bertz CT molecular complexity index is 695. The average Bonchev–Trinajstić information content (AvgIpc) is 2.33. The maximum Gasteiger partial charge on any atom is 0.303 e. The zero-order valence-electron chi connectivity index (χ0n) is 11.2. The van der Waals surface area contributed by atoms with Crippen molar-refractivity contribution in [3.8, 4) is 0 Å². The van der Waals surface area contributed by atoms with Crippen molar-refractivity contribution in [2.45, 2.75) is 17.7 Å². The molecule has 0 spiro atoms. The lowest BCUT2D eigenvalue weighted by Crippen LogP contribution is -2.25. The van der Waals surface area contributed by atoms with Crippen LogP contribution >= 0.6 is 0 Å². The summed E-state index contributed by atoms with van der Waals surface area (Å²) in [5.74, 6) is -0.995. The zero-order valence-corrected chi connectivity index (χ0v) is 12.9. The van der Waals surface area contributed by atoms with Crippen molar-refractivity contribution in [3.05, 3.63) is 24.3 Å². The first-order valence-electron chi connectivity index (χ1n) is 5.89. The van der Waals surface area contributed by atoms with Crippen LogP contribution in [0, 0.1) is 0 Å². The molecule has 0 unspecified atom stereocenters. The number of carboxylic acids is 1. The number of carboxylic acid groups (broad SMARTS) is 1. The number of anilines is 1. The van der Waals surface area contributed by atoms with Crippen LogP contribution in [-0.4, -0.2) is 40.7 Å². The fraction of sp³-hybridized carbons (Fsp3) is 0.364. The molecule has 118 valence electrons. The molecule has 1 rings (SSSR count). The summed E-state index contributed by atoms with van der Waals surface area (Å²) in [4.78, 5) is 10.3. The molecule has 0 saturated carbocycles. The van der Waals surface area contributed by atoms with E-state index < -0.39 is 26.0 Å². The Morgan fingerprint density at radius 3 is 2.19 bits per heavy atom. The Morgan fingerprint density at radius 2 is 1.71 bits per heavy atom. The molecule has 0 bridgehead atoms. The summed E-state index contributed by atoms with van der Waals surface area (Å²) >= 11 is 0. The van der Waals surface area contributed by atoms with E-state index in [0.29, 0.717) is 0 Å². The lowest BCUT2D eigenvalue weighted by molar-refractivity contribution is -0.137. The quantitative estimate of drug-likeness (QED) is 0.582. The molecule has 0 aliphatic carbocycles. The van der Waals surface area contributed by atoms with E-state index >= 15 is 0 Å². The molecule has 0 aliphatic rings. The molecule has 0 atom stereocenters. The molecule has 0 radical (unpaired) electrons. The van der Waals surface area contributed by atoms with Crippen LogP contribution in [0.4, 0.5) is 5.69 Å². The predicted octanol–water partition coefficient (Wildman–Crippen LogP) is 0.201. The SMILES string of the molecule is CS(=O)(=O)Nc1ccc(S(=O)(=O)NCCCC(=O)O)cc1. The second-order valence-corrected chi connectivity index (χ2v) is 7.81. The highest BCUT2D eigenvalue weighted by Gasteiger charge is 2.13. The van der Waals surface area contributed by atoms with E-state index in [-0.39, 0.29) is 30.0 Å². The minimum Gasteiger partial charge on any atom is -0.481 e. The third-order valence-electron chi connectivity index (χ3n) is 2.33. The molecular formula is C11H16N2O6S2. The minimum absolute atomic E-state index is 0.0119. The lowest BCUT2D eigenvalue weighted by Gasteiger charge is -2.08. The largest absolute Gasteiger partial charge is 0.481 e. The molecule has 21 heavy (non-hydrogen) atoms. The van der Waals surface area contributed by atoms with E-state index in [1.54, 1.807) is 0 Å². The predicted molar refractivity (Wildman–Crippen MR) is 77.0 cm³/mol. The van der Waals surface area contributed by atoms with Crippen molar-refractivity contribution in [2.24, 2.45) is 0 Å². The molecule has 8 nitrogen and oxygen atoms in total. The highest BCUT2D eigenvalue weighted by molar-refractivity contribution is 7.92. The molecule has 10 heteroatoms. The summed E-state index contributed by atoms with van der Waals surface area (Å²) in [5, 5.41) is 8.45. The monoisotopic (exact) mass is 336 g/mol. The molecule has 0 fully saturated rings. The standard InChI is InChI=1S/C11H16N2O6S2/c1-20(16,17)13-9-4-6-10(7-5-9)21(18,19)12-8-2-3-11(14)15/h4-7,12-13H,2-3,8H2,1H3,(H,14,15). The van der Waals surface area contributed by atoms with Gasteiger partial charge in [-0.3, -0.25) is 9.52 Å². The fourth-order valence-electron chi connectivity index (χ4n) is 1.45. The average molecular weight is 336 g/mol. The van der Waals surface area contributed by atoms with Crippen LogP contribution in [0.2, 0.25) is 0 Å². The number of hydrogen-bond donors (Lipinski definition) is 3. The van der Waals surface area contributed by atoms with Gasteiger partial charge >= 0.3 is 5.97 Å². The van der Waals surface area contributed by atoms with Gasteiger partial charge in [0.2, 0.25) is 20.0 Å². The van der Waals surface area contributed by atoms with Crippen LogP contribution in [0.15, 0.2) is 29.2 Å². The van der Waals surface area contributed by atoms with Crippen LogP contribution in [0.25, 0.3) is 0 Å². The highest BCUT2D eigenvalue weighted by atomic mass is 32.2. The van der Waals surface area contributed by atoms with Gasteiger partial charge in [-0.05, 0) is 30.7 Å². The molecule has 0 aliphatic heterocycles. The van der Waals surface area contributed by atoms with Gasteiger partial charge in [0.1, 0.15) is 0 Å². The Hall–Kier alpha value is -1.65. The number of carbonyl (C=O) groups is 1. The second-order valence-electron chi connectivity index (χ2n) is 4.29. The van der Waals surface area contributed by atoms with Gasteiger partial charge in [0, 0.05) is 18.7 Å². The highest BCUT2D eigenvalue weighted by Crippen LogP contribution is 2.14. The van der Waals surface area contributed by atoms with Crippen molar-refractivity contribution < 1.29 is 26.7 Å². The Kier molecular flexibility index (Phi) is 5.70. The summed E-state index contributed by atoms with van der Waals surface area (Å²) in [7, 11) is -7.16.